The van der Waals surface area contributed by atoms with Gasteiger partial charge in [0.05, 0.1) is 6.10 Å². The minimum Gasteiger partial charge on any atom is -0.369 e. The van der Waals surface area contributed by atoms with Crippen LogP contribution in [0.25, 0.3) is 0 Å². The average Bonchev–Trinajstić information content (AvgIpc) is 2.29. The monoisotopic (exact) mass is 249 g/mol. The van der Waals surface area contributed by atoms with Crippen LogP contribution < -0.4 is 5.32 Å². The summed E-state index contributed by atoms with van der Waals surface area (Å²) in [6, 6.07) is 0. The normalized spacial score (nSPS) is 11.9. The molecule has 0 rings (SSSR count). The van der Waals surface area contributed by atoms with Gasteiger partial charge < -0.3 is 10.1 Å². The molecule has 0 radical (unpaired) electrons. The molecule has 16 heavy (non-hydrogen) atoms. The Kier molecular flexibility index (Phi) is 7.77. The third-order valence-corrected chi connectivity index (χ3v) is 3.56. The highest BCUT2D eigenvalue weighted by molar-refractivity contribution is 6.18. The summed E-state index contributed by atoms with van der Waals surface area (Å²) in [4.78, 5) is 11.5. The van der Waals surface area contributed by atoms with E-state index in [1.54, 1.807) is 0 Å². The van der Waals surface area contributed by atoms with E-state index in [0.717, 1.165) is 12.8 Å². The number of carbonyl (C=O) groups is 1. The molecule has 96 valence electrons. The number of ether oxygens (including phenoxy) is 1. The number of halogens is 1. The van der Waals surface area contributed by atoms with E-state index in [0.29, 0.717) is 12.4 Å². The standard InChI is InChI=1S/C12H24ClNO2/c1-5-12(6-2,8-13)9-14-11(15)7-16-10(3)4/h10H,5-9H2,1-4H3,(H,14,15). The third kappa shape index (κ3) is 5.71. The minimum atomic E-state index is -0.0647. The second-order valence-corrected chi connectivity index (χ2v) is 4.74. The van der Waals surface area contributed by atoms with E-state index >= 15 is 0 Å². The molecule has 0 saturated heterocycles. The molecule has 3 nitrogen and oxygen atoms in total. The molecule has 0 bridgehead atoms. The van der Waals surface area contributed by atoms with Crippen molar-refractivity contribution in [2.75, 3.05) is 19.0 Å². The lowest BCUT2D eigenvalue weighted by Gasteiger charge is -2.29. The van der Waals surface area contributed by atoms with Crippen LogP contribution in [0.1, 0.15) is 40.5 Å². The first-order chi connectivity index (χ1) is 7.49. The van der Waals surface area contributed by atoms with Crippen molar-refractivity contribution >= 4 is 17.5 Å². The van der Waals surface area contributed by atoms with Gasteiger partial charge >= 0.3 is 0 Å². The largest absolute Gasteiger partial charge is 0.369 e. The van der Waals surface area contributed by atoms with Crippen LogP contribution in [0.15, 0.2) is 0 Å². The summed E-state index contributed by atoms with van der Waals surface area (Å²) < 4.78 is 5.22. The van der Waals surface area contributed by atoms with Gasteiger partial charge in [-0.2, -0.15) is 0 Å². The predicted molar refractivity (Wildman–Crippen MR) is 67.8 cm³/mol. The summed E-state index contributed by atoms with van der Waals surface area (Å²) in [6.45, 7) is 8.78. The van der Waals surface area contributed by atoms with Gasteiger partial charge in [0.15, 0.2) is 0 Å². The fourth-order valence-corrected chi connectivity index (χ4v) is 1.79. The molecule has 0 aromatic carbocycles. The maximum atomic E-state index is 11.5. The molecule has 0 aliphatic heterocycles. The Morgan fingerprint density at radius 1 is 1.38 bits per heavy atom. The van der Waals surface area contributed by atoms with Gasteiger partial charge in [-0.3, -0.25) is 4.79 Å². The predicted octanol–water partition coefficient (Wildman–Crippen LogP) is 2.57. The van der Waals surface area contributed by atoms with E-state index < -0.39 is 0 Å². The smallest absolute Gasteiger partial charge is 0.246 e. The second kappa shape index (κ2) is 7.91. The van der Waals surface area contributed by atoms with Crippen LogP contribution in [0.4, 0.5) is 0 Å². The molecule has 0 aliphatic rings. The zero-order valence-electron chi connectivity index (χ0n) is 10.8. The van der Waals surface area contributed by atoms with E-state index in [9.17, 15) is 4.79 Å². The highest BCUT2D eigenvalue weighted by atomic mass is 35.5. The summed E-state index contributed by atoms with van der Waals surface area (Å²) >= 11 is 5.95. The highest BCUT2D eigenvalue weighted by Crippen LogP contribution is 2.26. The molecular weight excluding hydrogens is 226 g/mol. The van der Waals surface area contributed by atoms with Crippen LogP contribution in [0, 0.1) is 5.41 Å². The van der Waals surface area contributed by atoms with E-state index in [1.807, 2.05) is 13.8 Å². The summed E-state index contributed by atoms with van der Waals surface area (Å²) in [7, 11) is 0. The van der Waals surface area contributed by atoms with Gasteiger partial charge in [-0.1, -0.05) is 13.8 Å². The maximum absolute atomic E-state index is 11.5. The van der Waals surface area contributed by atoms with Crippen LogP contribution in [-0.4, -0.2) is 31.0 Å². The summed E-state index contributed by atoms with van der Waals surface area (Å²) in [5.41, 5.74) is 0.0229. The first kappa shape index (κ1) is 15.7. The molecule has 0 aliphatic carbocycles. The average molecular weight is 250 g/mol. The summed E-state index contributed by atoms with van der Waals surface area (Å²) in [6.07, 6.45) is 2.03. The van der Waals surface area contributed by atoms with Crippen LogP contribution in [-0.2, 0) is 9.53 Å². The van der Waals surface area contributed by atoms with Crippen molar-refractivity contribution in [2.45, 2.75) is 46.6 Å². The lowest BCUT2D eigenvalue weighted by molar-refractivity contribution is -0.127. The number of amides is 1. The van der Waals surface area contributed by atoms with Gasteiger partial charge in [0, 0.05) is 17.8 Å². The molecule has 0 unspecified atom stereocenters. The Balaban J connectivity index is 3.97. The van der Waals surface area contributed by atoms with Crippen molar-refractivity contribution in [1.29, 1.82) is 0 Å². The van der Waals surface area contributed by atoms with E-state index in [4.69, 9.17) is 16.3 Å². The van der Waals surface area contributed by atoms with Crippen molar-refractivity contribution in [3.8, 4) is 0 Å². The lowest BCUT2D eigenvalue weighted by atomic mass is 9.84. The first-order valence-electron chi connectivity index (χ1n) is 5.94. The zero-order valence-corrected chi connectivity index (χ0v) is 11.6. The lowest BCUT2D eigenvalue weighted by Crippen LogP contribution is -2.40. The van der Waals surface area contributed by atoms with Crippen LogP contribution >= 0.6 is 11.6 Å². The van der Waals surface area contributed by atoms with Crippen LogP contribution in [0.5, 0.6) is 0 Å². The van der Waals surface area contributed by atoms with Gasteiger partial charge in [-0.25, -0.2) is 0 Å². The van der Waals surface area contributed by atoms with Crippen LogP contribution in [0.3, 0.4) is 0 Å². The Hall–Kier alpha value is -0.280. The van der Waals surface area contributed by atoms with E-state index in [1.165, 1.54) is 0 Å². The second-order valence-electron chi connectivity index (χ2n) is 4.48. The number of hydrogen-bond donors (Lipinski definition) is 1. The van der Waals surface area contributed by atoms with Gasteiger partial charge in [0.1, 0.15) is 6.61 Å². The SMILES string of the molecule is CCC(CC)(CCl)CNC(=O)COC(C)C. The quantitative estimate of drug-likeness (QED) is 0.672. The van der Waals surface area contributed by atoms with Crippen molar-refractivity contribution in [2.24, 2.45) is 5.41 Å². The minimum absolute atomic E-state index is 0.0229. The van der Waals surface area contributed by atoms with Gasteiger partial charge in [0.25, 0.3) is 0 Å². The van der Waals surface area contributed by atoms with Gasteiger partial charge in [0.2, 0.25) is 5.91 Å². The number of rotatable bonds is 8. The molecule has 1 N–H and O–H groups in total. The van der Waals surface area contributed by atoms with Crippen molar-refractivity contribution in [3.63, 3.8) is 0 Å². The molecule has 0 heterocycles. The molecule has 1 amide bonds. The third-order valence-electron chi connectivity index (χ3n) is 2.99. The van der Waals surface area contributed by atoms with Crippen molar-refractivity contribution in [3.05, 3.63) is 0 Å². The molecule has 0 spiro atoms. The Bertz CT molecular complexity index is 195. The number of nitrogens with one attached hydrogen (secondary N) is 1. The van der Waals surface area contributed by atoms with Crippen molar-refractivity contribution in [1.82, 2.24) is 5.32 Å². The van der Waals surface area contributed by atoms with E-state index in [2.05, 4.69) is 19.2 Å². The fourth-order valence-electron chi connectivity index (χ4n) is 1.32. The zero-order chi connectivity index (χ0) is 12.6. The number of hydrogen-bond acceptors (Lipinski definition) is 2. The molecule has 4 heteroatoms. The molecular formula is C12H24ClNO2. The van der Waals surface area contributed by atoms with Gasteiger partial charge in [-0.15, -0.1) is 11.6 Å². The Morgan fingerprint density at radius 2 is 1.94 bits per heavy atom. The fraction of sp³-hybridized carbons (Fsp3) is 0.917. The molecule has 0 aromatic rings. The molecule has 0 atom stereocenters. The Morgan fingerprint density at radius 3 is 2.31 bits per heavy atom. The summed E-state index contributed by atoms with van der Waals surface area (Å²) in [5.74, 6) is 0.510. The van der Waals surface area contributed by atoms with Crippen LogP contribution in [0.2, 0.25) is 0 Å². The number of alkyl halides is 1. The highest BCUT2D eigenvalue weighted by Gasteiger charge is 2.25. The van der Waals surface area contributed by atoms with Crippen molar-refractivity contribution < 1.29 is 9.53 Å². The summed E-state index contributed by atoms with van der Waals surface area (Å²) in [5, 5.41) is 2.88. The Labute approximate surface area is 104 Å². The molecule has 0 fully saturated rings. The molecule has 0 aromatic heterocycles. The van der Waals surface area contributed by atoms with E-state index in [-0.39, 0.29) is 24.0 Å². The first-order valence-corrected chi connectivity index (χ1v) is 6.47. The van der Waals surface area contributed by atoms with Gasteiger partial charge in [-0.05, 0) is 26.7 Å². The topological polar surface area (TPSA) is 38.3 Å². The maximum Gasteiger partial charge on any atom is 0.246 e. The molecule has 0 saturated carbocycles. The number of carbonyl (C=O) groups excluding carboxylic acids is 1.